The lowest BCUT2D eigenvalue weighted by atomic mass is 9.99. The van der Waals surface area contributed by atoms with Crippen LogP contribution in [0.3, 0.4) is 0 Å². The summed E-state index contributed by atoms with van der Waals surface area (Å²) in [5, 5.41) is 0.882. The zero-order valence-electron chi connectivity index (χ0n) is 12.4. The van der Waals surface area contributed by atoms with E-state index in [-0.39, 0.29) is 14.4 Å². The maximum atomic E-state index is 11.3. The Labute approximate surface area is 126 Å². The summed E-state index contributed by atoms with van der Waals surface area (Å²) in [4.78, 5) is 11.3. The quantitative estimate of drug-likeness (QED) is 0.387. The molecule has 4 nitrogen and oxygen atoms in total. The van der Waals surface area contributed by atoms with Crippen LogP contribution in [0.2, 0.25) is 0 Å². The summed E-state index contributed by atoms with van der Waals surface area (Å²) >= 11 is 0. The van der Waals surface area contributed by atoms with E-state index in [9.17, 15) is 9.36 Å². The number of amides is 1. The van der Waals surface area contributed by atoms with Gasteiger partial charge in [0.25, 0.3) is 5.91 Å². The van der Waals surface area contributed by atoms with Gasteiger partial charge in [0, 0.05) is 5.56 Å². The molecule has 2 aromatic carbocycles. The Balaban J connectivity index is 0.000000235. The van der Waals surface area contributed by atoms with E-state index >= 15 is 0 Å². The molecule has 1 unspecified atom stereocenters. The zero-order valence-corrected chi connectivity index (χ0v) is 13.4. The van der Waals surface area contributed by atoms with Gasteiger partial charge < -0.3 is 0 Å². The van der Waals surface area contributed by atoms with Gasteiger partial charge in [-0.3, -0.25) is 10.2 Å². The zero-order chi connectivity index (χ0) is 15.8. The Kier molecular flexibility index (Phi) is 6.73. The molecule has 0 aromatic heterocycles. The third kappa shape index (κ3) is 5.10. The van der Waals surface area contributed by atoms with Crippen molar-refractivity contribution in [3.05, 3.63) is 64.7 Å². The molecule has 1 amide bonds. The Morgan fingerprint density at radius 1 is 1.05 bits per heavy atom. The fourth-order valence-corrected chi connectivity index (χ4v) is 2.45. The van der Waals surface area contributed by atoms with Gasteiger partial charge in [0.1, 0.15) is 0 Å². The largest absolute Gasteiger partial charge is 0.363 e. The van der Waals surface area contributed by atoms with Gasteiger partial charge in [0.05, 0.1) is 0 Å². The SMILES string of the molecule is Cc1cc(C)c(C(=O)NN)c(C)c1.O=[PH+]c1ccccc1. The minimum atomic E-state index is -0.320. The maximum absolute atomic E-state index is 11.3. The van der Waals surface area contributed by atoms with Gasteiger partial charge in [-0.2, -0.15) is 0 Å². The normalized spacial score (nSPS) is 9.71. The summed E-state index contributed by atoms with van der Waals surface area (Å²) < 4.78 is 10.2. The molecule has 0 aliphatic rings. The van der Waals surface area contributed by atoms with Crippen LogP contribution >= 0.6 is 8.46 Å². The Morgan fingerprint density at radius 3 is 1.95 bits per heavy atom. The molecule has 0 saturated heterocycles. The first-order valence-corrected chi connectivity index (χ1v) is 7.42. The second-order valence-corrected chi connectivity index (χ2v) is 5.50. The number of hydrazine groups is 1. The lowest BCUT2D eigenvalue weighted by molar-refractivity contribution is 0.0952. The number of carbonyl (C=O) groups excluding carboxylic acids is 1. The molecular weight excluding hydrogens is 283 g/mol. The van der Waals surface area contributed by atoms with Crippen LogP contribution in [0.4, 0.5) is 0 Å². The van der Waals surface area contributed by atoms with Crippen LogP contribution in [0.1, 0.15) is 27.0 Å². The molecule has 0 aliphatic heterocycles. The van der Waals surface area contributed by atoms with Crippen LogP contribution in [0.5, 0.6) is 0 Å². The third-order valence-electron chi connectivity index (χ3n) is 2.93. The molecule has 0 aliphatic carbocycles. The average Bonchev–Trinajstić information content (AvgIpc) is 2.47. The van der Waals surface area contributed by atoms with Crippen molar-refractivity contribution < 1.29 is 9.36 Å². The fraction of sp³-hybridized carbons (Fsp3) is 0.188. The van der Waals surface area contributed by atoms with Crippen LogP contribution < -0.4 is 16.6 Å². The molecule has 2 rings (SSSR count). The molecule has 0 spiro atoms. The summed E-state index contributed by atoms with van der Waals surface area (Å²) in [6.45, 7) is 5.82. The first-order valence-electron chi connectivity index (χ1n) is 6.51. The number of benzene rings is 2. The number of hydrogen-bond acceptors (Lipinski definition) is 3. The van der Waals surface area contributed by atoms with Crippen molar-refractivity contribution in [2.45, 2.75) is 20.8 Å². The standard InChI is InChI=1S/C10H14N2O.C6H5OP/c1-6-4-7(2)9(8(3)5-6)10(13)12-11;7-8-6-4-2-1-3-5-6/h4-5H,11H2,1-3H3,(H,12,13);1-5H/p+1. The van der Waals surface area contributed by atoms with Gasteiger partial charge in [-0.1, -0.05) is 40.5 Å². The van der Waals surface area contributed by atoms with Gasteiger partial charge in [0.15, 0.2) is 5.30 Å². The van der Waals surface area contributed by atoms with E-state index in [2.05, 4.69) is 5.43 Å². The van der Waals surface area contributed by atoms with Gasteiger partial charge >= 0.3 is 8.46 Å². The predicted octanol–water partition coefficient (Wildman–Crippen LogP) is 2.55. The van der Waals surface area contributed by atoms with Gasteiger partial charge in [-0.25, -0.2) is 5.84 Å². The van der Waals surface area contributed by atoms with E-state index in [0.29, 0.717) is 5.56 Å². The number of nitrogen functional groups attached to an aromatic ring is 1. The van der Waals surface area contributed by atoms with Crippen LogP contribution in [0.25, 0.3) is 0 Å². The molecule has 0 radical (unpaired) electrons. The molecule has 0 heterocycles. The highest BCUT2D eigenvalue weighted by atomic mass is 31.1. The molecule has 110 valence electrons. The maximum Gasteiger partial charge on any atom is 0.363 e. The molecular formula is C16H20N2O2P+. The topological polar surface area (TPSA) is 72.2 Å². The highest BCUT2D eigenvalue weighted by Crippen LogP contribution is 2.15. The summed E-state index contributed by atoms with van der Waals surface area (Å²) in [5.41, 5.74) is 5.89. The van der Waals surface area contributed by atoms with Crippen molar-refractivity contribution in [3.63, 3.8) is 0 Å². The van der Waals surface area contributed by atoms with Crippen LogP contribution in [-0.2, 0) is 4.57 Å². The monoisotopic (exact) mass is 303 g/mol. The Bertz CT molecular complexity index is 604. The highest BCUT2D eigenvalue weighted by molar-refractivity contribution is 7.34. The van der Waals surface area contributed by atoms with Crippen molar-refractivity contribution in [2.24, 2.45) is 5.84 Å². The number of aryl methyl sites for hydroxylation is 3. The number of hydrogen-bond donors (Lipinski definition) is 2. The van der Waals surface area contributed by atoms with Gasteiger partial charge in [0.2, 0.25) is 0 Å². The van der Waals surface area contributed by atoms with Crippen molar-refractivity contribution in [2.75, 3.05) is 0 Å². The van der Waals surface area contributed by atoms with Crippen LogP contribution in [0.15, 0.2) is 42.5 Å². The fourth-order valence-electron chi connectivity index (χ4n) is 2.12. The lowest BCUT2D eigenvalue weighted by Crippen LogP contribution is -2.31. The molecule has 1 atom stereocenters. The Hall–Kier alpha value is -2.03. The van der Waals surface area contributed by atoms with Crippen molar-refractivity contribution >= 4 is 19.7 Å². The Morgan fingerprint density at radius 2 is 1.57 bits per heavy atom. The van der Waals surface area contributed by atoms with E-state index in [4.69, 9.17) is 5.84 Å². The molecule has 0 fully saturated rings. The van der Waals surface area contributed by atoms with Crippen molar-refractivity contribution in [1.29, 1.82) is 0 Å². The number of nitrogens with two attached hydrogens (primary N) is 1. The van der Waals surface area contributed by atoms with Gasteiger partial charge in [-0.05, 0) is 44.0 Å². The lowest BCUT2D eigenvalue weighted by Gasteiger charge is -2.08. The number of nitrogens with one attached hydrogen (secondary N) is 1. The van der Waals surface area contributed by atoms with E-state index in [1.807, 2.05) is 63.2 Å². The van der Waals surface area contributed by atoms with Crippen LogP contribution in [-0.4, -0.2) is 5.91 Å². The van der Waals surface area contributed by atoms with E-state index in [1.54, 1.807) is 0 Å². The second-order valence-electron chi connectivity index (χ2n) is 4.72. The van der Waals surface area contributed by atoms with E-state index in [1.165, 1.54) is 0 Å². The average molecular weight is 303 g/mol. The highest BCUT2D eigenvalue weighted by Gasteiger charge is 2.10. The molecule has 0 saturated carbocycles. The summed E-state index contributed by atoms with van der Waals surface area (Å²) in [5.74, 6) is 4.85. The predicted molar refractivity (Wildman–Crippen MR) is 87.4 cm³/mol. The molecule has 3 N–H and O–H groups in total. The number of rotatable bonds is 2. The van der Waals surface area contributed by atoms with Crippen molar-refractivity contribution in [1.82, 2.24) is 5.43 Å². The summed E-state index contributed by atoms with van der Waals surface area (Å²) in [7, 11) is -0.320. The minimum absolute atomic E-state index is 0.227. The molecule has 0 bridgehead atoms. The molecule has 2 aromatic rings. The number of carbonyl (C=O) groups is 1. The second kappa shape index (κ2) is 8.30. The molecule has 5 heteroatoms. The van der Waals surface area contributed by atoms with Crippen LogP contribution in [0, 0.1) is 20.8 Å². The molecule has 21 heavy (non-hydrogen) atoms. The summed E-state index contributed by atoms with van der Waals surface area (Å²) in [6, 6.07) is 13.3. The van der Waals surface area contributed by atoms with E-state index < -0.39 is 0 Å². The van der Waals surface area contributed by atoms with Crippen molar-refractivity contribution in [3.8, 4) is 0 Å². The van der Waals surface area contributed by atoms with E-state index in [0.717, 1.165) is 22.0 Å². The summed E-state index contributed by atoms with van der Waals surface area (Å²) in [6.07, 6.45) is 0. The minimum Gasteiger partial charge on any atom is -0.290 e. The smallest absolute Gasteiger partial charge is 0.290 e. The third-order valence-corrected chi connectivity index (χ3v) is 3.50. The first kappa shape index (κ1) is 17.0. The first-order chi connectivity index (χ1) is 9.99. The van der Waals surface area contributed by atoms with Gasteiger partial charge in [-0.15, -0.1) is 0 Å².